The highest BCUT2D eigenvalue weighted by atomic mass is 16.5. The lowest BCUT2D eigenvalue weighted by Gasteiger charge is -2.16. The molecule has 3 nitrogen and oxygen atoms in total. The van der Waals surface area contributed by atoms with E-state index >= 15 is 0 Å². The molecule has 0 amide bonds. The van der Waals surface area contributed by atoms with Gasteiger partial charge in [0.1, 0.15) is 0 Å². The molecular weight excluding hydrogens is 320 g/mol. The van der Waals surface area contributed by atoms with Crippen molar-refractivity contribution in [3.63, 3.8) is 0 Å². The van der Waals surface area contributed by atoms with Crippen LogP contribution >= 0.6 is 0 Å². The predicted octanol–water partition coefficient (Wildman–Crippen LogP) is 6.85. The molecule has 1 atom stereocenters. The van der Waals surface area contributed by atoms with E-state index in [9.17, 15) is 0 Å². The van der Waals surface area contributed by atoms with Crippen LogP contribution in [-0.2, 0) is 4.74 Å². The highest BCUT2D eigenvalue weighted by molar-refractivity contribution is 5.53. The van der Waals surface area contributed by atoms with Crippen LogP contribution < -0.4 is 10.6 Å². The number of unbranched alkanes of at least 4 members (excludes halogenated alkanes) is 6. The number of benzene rings is 1. The molecule has 0 aliphatic rings. The molecule has 0 saturated heterocycles. The number of hydrogen-bond donors (Lipinski definition) is 2. The fourth-order valence-electron chi connectivity index (χ4n) is 3.07. The minimum Gasteiger partial charge on any atom is -0.385 e. The lowest BCUT2D eigenvalue weighted by Crippen LogP contribution is -2.14. The van der Waals surface area contributed by atoms with Gasteiger partial charge in [-0.3, -0.25) is 0 Å². The van der Waals surface area contributed by atoms with Crippen LogP contribution in [0.3, 0.4) is 0 Å². The van der Waals surface area contributed by atoms with E-state index in [2.05, 4.69) is 62.6 Å². The van der Waals surface area contributed by atoms with Crippen molar-refractivity contribution in [3.05, 3.63) is 24.3 Å². The van der Waals surface area contributed by atoms with Gasteiger partial charge in [-0.1, -0.05) is 51.9 Å². The van der Waals surface area contributed by atoms with E-state index in [1.54, 1.807) is 0 Å². The molecule has 0 aromatic heterocycles. The fourth-order valence-corrected chi connectivity index (χ4v) is 3.07. The Balaban J connectivity index is 2.11. The monoisotopic (exact) mass is 362 g/mol. The number of hydrogen-bond acceptors (Lipinski definition) is 3. The van der Waals surface area contributed by atoms with E-state index in [1.165, 1.54) is 62.7 Å². The first-order valence-electron chi connectivity index (χ1n) is 10.8. The molecule has 0 heterocycles. The first-order valence-corrected chi connectivity index (χ1v) is 10.8. The lowest BCUT2D eigenvalue weighted by molar-refractivity contribution is 0.0787. The molecule has 1 aromatic rings. The summed E-state index contributed by atoms with van der Waals surface area (Å²) in [5.41, 5.74) is 2.40. The summed E-state index contributed by atoms with van der Waals surface area (Å²) in [6, 6.07) is 9.21. The maximum atomic E-state index is 5.56. The van der Waals surface area contributed by atoms with Crippen molar-refractivity contribution >= 4 is 11.4 Å². The highest BCUT2D eigenvalue weighted by Gasteiger charge is 2.02. The van der Waals surface area contributed by atoms with Crippen LogP contribution in [0, 0.1) is 0 Å². The van der Waals surface area contributed by atoms with Crippen molar-refractivity contribution in [2.24, 2.45) is 0 Å². The first-order chi connectivity index (χ1) is 12.6. The summed E-state index contributed by atoms with van der Waals surface area (Å²) in [7, 11) is 0. The topological polar surface area (TPSA) is 33.3 Å². The van der Waals surface area contributed by atoms with Gasteiger partial charge >= 0.3 is 0 Å². The number of ether oxygens (including phenoxy) is 1. The second-order valence-electron chi connectivity index (χ2n) is 7.73. The molecular formula is C23H42N2O. The molecule has 0 spiro atoms. The molecule has 1 unspecified atom stereocenters. The number of anilines is 2. The highest BCUT2D eigenvalue weighted by Crippen LogP contribution is 2.16. The second kappa shape index (κ2) is 14.9. The molecule has 0 fully saturated rings. The van der Waals surface area contributed by atoms with Gasteiger partial charge in [0.25, 0.3) is 0 Å². The third-order valence-corrected chi connectivity index (χ3v) is 4.64. The maximum Gasteiger partial charge on any atom is 0.0518 e. The zero-order valence-electron chi connectivity index (χ0n) is 17.7. The summed E-state index contributed by atoms with van der Waals surface area (Å²) in [4.78, 5) is 0. The average Bonchev–Trinajstić information content (AvgIpc) is 2.62. The van der Waals surface area contributed by atoms with E-state index in [0.717, 1.165) is 19.6 Å². The van der Waals surface area contributed by atoms with Crippen LogP contribution in [0.1, 0.15) is 85.5 Å². The van der Waals surface area contributed by atoms with Gasteiger partial charge in [0, 0.05) is 30.6 Å². The van der Waals surface area contributed by atoms with Gasteiger partial charge in [0.05, 0.1) is 6.10 Å². The van der Waals surface area contributed by atoms with E-state index in [-0.39, 0.29) is 0 Å². The minimum atomic E-state index is 0.323. The van der Waals surface area contributed by atoms with Crippen molar-refractivity contribution in [2.75, 3.05) is 23.8 Å². The Labute approximate surface area is 162 Å². The van der Waals surface area contributed by atoms with Crippen molar-refractivity contribution < 1.29 is 4.74 Å². The Morgan fingerprint density at radius 1 is 0.808 bits per heavy atom. The largest absolute Gasteiger partial charge is 0.385 e. The summed E-state index contributed by atoms with van der Waals surface area (Å²) in [6.07, 6.45) is 12.3. The van der Waals surface area contributed by atoms with E-state index in [1.807, 2.05) is 0 Å². The summed E-state index contributed by atoms with van der Waals surface area (Å²) < 4.78 is 5.56. The molecule has 0 radical (unpaired) electrons. The molecule has 2 N–H and O–H groups in total. The van der Waals surface area contributed by atoms with Gasteiger partial charge in [-0.2, -0.15) is 0 Å². The second-order valence-corrected chi connectivity index (χ2v) is 7.73. The van der Waals surface area contributed by atoms with Gasteiger partial charge in [-0.05, 0) is 57.9 Å². The van der Waals surface area contributed by atoms with Crippen molar-refractivity contribution in [1.29, 1.82) is 0 Å². The van der Waals surface area contributed by atoms with Crippen molar-refractivity contribution in [3.8, 4) is 0 Å². The van der Waals surface area contributed by atoms with Gasteiger partial charge in [-0.15, -0.1) is 0 Å². The first kappa shape index (κ1) is 22.8. The Bertz CT molecular complexity index is 430. The third kappa shape index (κ3) is 12.2. The maximum absolute atomic E-state index is 5.56. The van der Waals surface area contributed by atoms with Gasteiger partial charge in [0.2, 0.25) is 0 Å². The predicted molar refractivity (Wildman–Crippen MR) is 116 cm³/mol. The molecule has 0 aliphatic carbocycles. The normalized spacial score (nSPS) is 12.3. The molecule has 150 valence electrons. The SMILES string of the molecule is CCCCCCCCCC(C)Nc1ccc(NCCCOC(C)C)cc1. The van der Waals surface area contributed by atoms with E-state index in [0.29, 0.717) is 12.1 Å². The summed E-state index contributed by atoms with van der Waals surface area (Å²) in [6.45, 7) is 10.5. The average molecular weight is 363 g/mol. The van der Waals surface area contributed by atoms with Gasteiger partial charge in [0.15, 0.2) is 0 Å². The molecule has 1 aromatic carbocycles. The van der Waals surface area contributed by atoms with Gasteiger partial charge in [-0.25, -0.2) is 0 Å². The molecule has 3 heteroatoms. The molecule has 26 heavy (non-hydrogen) atoms. The Hall–Kier alpha value is -1.22. The molecule has 1 rings (SSSR count). The fraction of sp³-hybridized carbons (Fsp3) is 0.739. The van der Waals surface area contributed by atoms with Crippen LogP contribution in [0.2, 0.25) is 0 Å². The zero-order valence-corrected chi connectivity index (χ0v) is 17.7. The Morgan fingerprint density at radius 2 is 1.42 bits per heavy atom. The summed E-state index contributed by atoms with van der Waals surface area (Å²) in [5.74, 6) is 0. The molecule has 0 saturated carbocycles. The minimum absolute atomic E-state index is 0.323. The Kier molecular flexibility index (Phi) is 13.1. The summed E-state index contributed by atoms with van der Waals surface area (Å²) in [5, 5.41) is 7.08. The van der Waals surface area contributed by atoms with Gasteiger partial charge < -0.3 is 15.4 Å². The quantitative estimate of drug-likeness (QED) is 0.315. The van der Waals surface area contributed by atoms with Crippen LogP contribution in [0.15, 0.2) is 24.3 Å². The van der Waals surface area contributed by atoms with Crippen LogP contribution in [0.4, 0.5) is 11.4 Å². The zero-order chi connectivity index (χ0) is 19.0. The van der Waals surface area contributed by atoms with Crippen LogP contribution in [-0.4, -0.2) is 25.3 Å². The molecule has 0 aliphatic heterocycles. The summed E-state index contributed by atoms with van der Waals surface area (Å²) >= 11 is 0. The molecule has 0 bridgehead atoms. The van der Waals surface area contributed by atoms with Crippen LogP contribution in [0.25, 0.3) is 0 Å². The van der Waals surface area contributed by atoms with E-state index in [4.69, 9.17) is 4.74 Å². The van der Waals surface area contributed by atoms with Crippen LogP contribution in [0.5, 0.6) is 0 Å². The van der Waals surface area contributed by atoms with E-state index < -0.39 is 0 Å². The smallest absolute Gasteiger partial charge is 0.0518 e. The third-order valence-electron chi connectivity index (χ3n) is 4.64. The van der Waals surface area contributed by atoms with Crippen molar-refractivity contribution in [1.82, 2.24) is 0 Å². The standard InChI is InChI=1S/C23H42N2O/c1-5-6-7-8-9-10-11-13-21(4)25-23-16-14-22(15-17-23)24-18-12-19-26-20(2)3/h14-17,20-21,24-25H,5-13,18-19H2,1-4H3. The number of rotatable bonds is 16. The lowest BCUT2D eigenvalue weighted by atomic mass is 10.1. The number of nitrogens with one attached hydrogen (secondary N) is 2. The van der Waals surface area contributed by atoms with Crippen molar-refractivity contribution in [2.45, 2.75) is 97.6 Å². The Morgan fingerprint density at radius 3 is 2.08 bits per heavy atom.